The molecular weight excluding hydrogens is 189 g/mol. The van der Waals surface area contributed by atoms with Gasteiger partial charge in [0.05, 0.1) is 0 Å². The summed E-state index contributed by atoms with van der Waals surface area (Å²) in [5.74, 6) is -0.172. The van der Waals surface area contributed by atoms with Crippen LogP contribution in [-0.2, 0) is 0 Å². The van der Waals surface area contributed by atoms with E-state index in [1.807, 2.05) is 26.1 Å². The van der Waals surface area contributed by atoms with Crippen LogP contribution in [0.25, 0.3) is 0 Å². The van der Waals surface area contributed by atoms with E-state index in [0.29, 0.717) is 0 Å². The molecule has 0 aliphatic heterocycles. The fraction of sp³-hybridized carbons (Fsp3) is 0.385. The fourth-order valence-corrected chi connectivity index (χ4v) is 1.73. The highest BCUT2D eigenvalue weighted by Gasteiger charge is 2.11. The second-order valence-electron chi connectivity index (χ2n) is 3.71. The topological polar surface area (TPSA) is 12.0 Å². The summed E-state index contributed by atoms with van der Waals surface area (Å²) in [6.07, 6.45) is 3.77. The van der Waals surface area contributed by atoms with Crippen LogP contribution in [0.5, 0.6) is 0 Å². The zero-order valence-corrected chi connectivity index (χ0v) is 9.39. The quantitative estimate of drug-likeness (QED) is 0.730. The Morgan fingerprint density at radius 2 is 2.27 bits per heavy atom. The van der Waals surface area contributed by atoms with Crippen molar-refractivity contribution in [2.75, 3.05) is 7.05 Å². The molecule has 0 fully saturated rings. The summed E-state index contributed by atoms with van der Waals surface area (Å²) in [4.78, 5) is 0. The molecule has 1 rings (SSSR count). The van der Waals surface area contributed by atoms with Crippen molar-refractivity contribution in [1.82, 2.24) is 5.32 Å². The first kappa shape index (κ1) is 11.9. The van der Waals surface area contributed by atoms with Crippen molar-refractivity contribution < 1.29 is 4.39 Å². The summed E-state index contributed by atoms with van der Waals surface area (Å²) < 4.78 is 13.1. The number of halogens is 1. The van der Waals surface area contributed by atoms with Gasteiger partial charge in [0.1, 0.15) is 5.82 Å². The fourth-order valence-electron chi connectivity index (χ4n) is 1.73. The standard InChI is InChI=1S/C13H18FN/c1-4-5-6-13(15-3)12-9-11(14)8-7-10(12)2/h4,7-9,13,15H,1,5-6H2,2-3H3. The highest BCUT2D eigenvalue weighted by Crippen LogP contribution is 2.22. The Morgan fingerprint density at radius 1 is 1.53 bits per heavy atom. The maximum atomic E-state index is 13.1. The Labute approximate surface area is 91.0 Å². The van der Waals surface area contributed by atoms with E-state index in [1.165, 1.54) is 6.07 Å². The monoisotopic (exact) mass is 207 g/mol. The van der Waals surface area contributed by atoms with E-state index in [2.05, 4.69) is 11.9 Å². The predicted molar refractivity (Wildman–Crippen MR) is 62.4 cm³/mol. The Kier molecular flexibility index (Phi) is 4.50. The molecule has 0 bridgehead atoms. The zero-order valence-electron chi connectivity index (χ0n) is 9.39. The summed E-state index contributed by atoms with van der Waals surface area (Å²) in [6, 6.07) is 5.14. The summed E-state index contributed by atoms with van der Waals surface area (Å²) in [6.45, 7) is 5.71. The van der Waals surface area contributed by atoms with Crippen molar-refractivity contribution >= 4 is 0 Å². The van der Waals surface area contributed by atoms with Crippen LogP contribution in [-0.4, -0.2) is 7.05 Å². The van der Waals surface area contributed by atoms with Gasteiger partial charge in [0, 0.05) is 6.04 Å². The largest absolute Gasteiger partial charge is 0.313 e. The second-order valence-corrected chi connectivity index (χ2v) is 3.71. The van der Waals surface area contributed by atoms with Crippen molar-refractivity contribution in [3.63, 3.8) is 0 Å². The van der Waals surface area contributed by atoms with Gasteiger partial charge in [0.25, 0.3) is 0 Å². The summed E-state index contributed by atoms with van der Waals surface area (Å²) in [7, 11) is 1.90. The van der Waals surface area contributed by atoms with Gasteiger partial charge in [-0.3, -0.25) is 0 Å². The van der Waals surface area contributed by atoms with Crippen LogP contribution in [0.3, 0.4) is 0 Å². The molecule has 0 saturated carbocycles. The van der Waals surface area contributed by atoms with Gasteiger partial charge in [-0.1, -0.05) is 12.1 Å². The van der Waals surface area contributed by atoms with E-state index in [9.17, 15) is 4.39 Å². The third kappa shape index (κ3) is 3.17. The SMILES string of the molecule is C=CCCC(NC)c1cc(F)ccc1C. The predicted octanol–water partition coefficient (Wildman–Crippen LogP) is 3.36. The van der Waals surface area contributed by atoms with E-state index in [1.54, 1.807) is 6.07 Å². The lowest BCUT2D eigenvalue weighted by Crippen LogP contribution is -2.17. The molecule has 1 atom stereocenters. The molecule has 15 heavy (non-hydrogen) atoms. The minimum Gasteiger partial charge on any atom is -0.313 e. The molecule has 0 radical (unpaired) electrons. The molecule has 0 aliphatic carbocycles. The lowest BCUT2D eigenvalue weighted by atomic mass is 9.97. The Balaban J connectivity index is 2.89. The van der Waals surface area contributed by atoms with E-state index in [0.717, 1.165) is 24.0 Å². The molecule has 82 valence electrons. The number of aryl methyl sites for hydroxylation is 1. The van der Waals surface area contributed by atoms with Gasteiger partial charge in [-0.05, 0) is 50.1 Å². The molecule has 0 amide bonds. The zero-order chi connectivity index (χ0) is 11.3. The summed E-state index contributed by atoms with van der Waals surface area (Å²) in [5, 5.41) is 3.21. The maximum Gasteiger partial charge on any atom is 0.123 e. The van der Waals surface area contributed by atoms with Crippen LogP contribution in [0.15, 0.2) is 30.9 Å². The molecule has 1 unspecified atom stereocenters. The first-order chi connectivity index (χ1) is 7.19. The third-order valence-corrected chi connectivity index (χ3v) is 2.62. The second kappa shape index (κ2) is 5.66. The number of benzene rings is 1. The highest BCUT2D eigenvalue weighted by atomic mass is 19.1. The average Bonchev–Trinajstić information content (AvgIpc) is 2.24. The van der Waals surface area contributed by atoms with Gasteiger partial charge in [0.2, 0.25) is 0 Å². The lowest BCUT2D eigenvalue weighted by Gasteiger charge is -2.18. The van der Waals surface area contributed by atoms with Crippen LogP contribution in [0.4, 0.5) is 4.39 Å². The number of rotatable bonds is 5. The maximum absolute atomic E-state index is 13.1. The van der Waals surface area contributed by atoms with Gasteiger partial charge < -0.3 is 5.32 Å². The minimum atomic E-state index is -0.172. The first-order valence-electron chi connectivity index (χ1n) is 5.23. The van der Waals surface area contributed by atoms with Crippen molar-refractivity contribution in [3.05, 3.63) is 47.8 Å². The number of hydrogen-bond acceptors (Lipinski definition) is 1. The van der Waals surface area contributed by atoms with Gasteiger partial charge in [-0.15, -0.1) is 6.58 Å². The van der Waals surface area contributed by atoms with Crippen molar-refractivity contribution in [2.45, 2.75) is 25.8 Å². The lowest BCUT2D eigenvalue weighted by molar-refractivity contribution is 0.544. The van der Waals surface area contributed by atoms with Crippen LogP contribution in [0.2, 0.25) is 0 Å². The van der Waals surface area contributed by atoms with Crippen LogP contribution in [0, 0.1) is 12.7 Å². The van der Waals surface area contributed by atoms with Gasteiger partial charge >= 0.3 is 0 Å². The molecule has 0 aliphatic rings. The van der Waals surface area contributed by atoms with Crippen molar-refractivity contribution in [2.24, 2.45) is 0 Å². The molecule has 0 aromatic heterocycles. The van der Waals surface area contributed by atoms with E-state index >= 15 is 0 Å². The Morgan fingerprint density at radius 3 is 2.87 bits per heavy atom. The van der Waals surface area contributed by atoms with E-state index < -0.39 is 0 Å². The number of allylic oxidation sites excluding steroid dienone is 1. The van der Waals surface area contributed by atoms with Crippen LogP contribution >= 0.6 is 0 Å². The normalized spacial score (nSPS) is 12.5. The highest BCUT2D eigenvalue weighted by molar-refractivity contribution is 5.29. The molecule has 1 aromatic rings. The number of nitrogens with one attached hydrogen (secondary N) is 1. The van der Waals surface area contributed by atoms with Gasteiger partial charge in [-0.2, -0.15) is 0 Å². The number of hydrogen-bond donors (Lipinski definition) is 1. The average molecular weight is 207 g/mol. The van der Waals surface area contributed by atoms with E-state index in [4.69, 9.17) is 0 Å². The summed E-state index contributed by atoms with van der Waals surface area (Å²) >= 11 is 0. The third-order valence-electron chi connectivity index (χ3n) is 2.62. The first-order valence-corrected chi connectivity index (χ1v) is 5.23. The molecular formula is C13H18FN. The van der Waals surface area contributed by atoms with Gasteiger partial charge in [-0.25, -0.2) is 4.39 Å². The molecule has 1 nitrogen and oxygen atoms in total. The molecule has 0 saturated heterocycles. The molecule has 0 heterocycles. The molecule has 1 aromatic carbocycles. The molecule has 1 N–H and O–H groups in total. The summed E-state index contributed by atoms with van der Waals surface area (Å²) in [5.41, 5.74) is 2.17. The van der Waals surface area contributed by atoms with Crippen molar-refractivity contribution in [1.29, 1.82) is 0 Å². The van der Waals surface area contributed by atoms with Crippen LogP contribution < -0.4 is 5.32 Å². The Hall–Kier alpha value is -1.15. The van der Waals surface area contributed by atoms with E-state index in [-0.39, 0.29) is 11.9 Å². The van der Waals surface area contributed by atoms with Gasteiger partial charge in [0.15, 0.2) is 0 Å². The smallest absolute Gasteiger partial charge is 0.123 e. The minimum absolute atomic E-state index is 0.172. The van der Waals surface area contributed by atoms with Crippen molar-refractivity contribution in [3.8, 4) is 0 Å². The molecule has 0 spiro atoms. The Bertz CT molecular complexity index is 333. The van der Waals surface area contributed by atoms with Crippen LogP contribution in [0.1, 0.15) is 30.0 Å². The molecule has 2 heteroatoms.